The van der Waals surface area contributed by atoms with Crippen LogP contribution in [0.25, 0.3) is 11.1 Å². The lowest BCUT2D eigenvalue weighted by molar-refractivity contribution is -0.0538. The van der Waals surface area contributed by atoms with Crippen LogP contribution in [0.15, 0.2) is 30.5 Å². The molecule has 2 heterocycles. The Morgan fingerprint density at radius 1 is 1.15 bits per heavy atom. The summed E-state index contributed by atoms with van der Waals surface area (Å²) in [6.07, 6.45) is -1.74. The Morgan fingerprint density at radius 2 is 1.96 bits per heavy atom. The van der Waals surface area contributed by atoms with Crippen molar-refractivity contribution in [3.8, 4) is 17.0 Å². The summed E-state index contributed by atoms with van der Waals surface area (Å²) < 4.78 is 74.1. The summed E-state index contributed by atoms with van der Waals surface area (Å²) in [5.41, 5.74) is 0.321. The van der Waals surface area contributed by atoms with Crippen LogP contribution in [0.1, 0.15) is 17.6 Å². The van der Waals surface area contributed by atoms with Gasteiger partial charge in [0.15, 0.2) is 0 Å². The van der Waals surface area contributed by atoms with Crippen molar-refractivity contribution in [2.24, 2.45) is 0 Å². The number of hydrogen-bond donors (Lipinski definition) is 0. The molecule has 0 saturated carbocycles. The average Bonchev–Trinajstić information content (AvgIpc) is 3.09. The topological polar surface area (TPSA) is 34.6 Å². The summed E-state index contributed by atoms with van der Waals surface area (Å²) in [7, 11) is 0. The first kappa shape index (κ1) is 18.5. The summed E-state index contributed by atoms with van der Waals surface area (Å²) in [6.45, 7) is -1.33. The molecule has 9 heteroatoms. The van der Waals surface area contributed by atoms with Crippen LogP contribution in [-0.2, 0) is 11.3 Å². The second kappa shape index (κ2) is 7.96. The zero-order chi connectivity index (χ0) is 18.7. The maximum atomic E-state index is 13.5. The highest BCUT2D eigenvalue weighted by atomic mass is 19.3. The molecule has 0 radical (unpaired) electrons. The Hall–Kier alpha value is -2.26. The Morgan fingerprint density at radius 3 is 2.62 bits per heavy atom. The molecule has 26 heavy (non-hydrogen) atoms. The fraction of sp³-hybridized carbons (Fsp3) is 0.353. The molecule has 0 N–H and O–H groups in total. The van der Waals surface area contributed by atoms with Gasteiger partial charge in [0.25, 0.3) is 6.43 Å². The van der Waals surface area contributed by atoms with Gasteiger partial charge in [0, 0.05) is 30.4 Å². The van der Waals surface area contributed by atoms with Gasteiger partial charge >= 0.3 is 6.61 Å². The van der Waals surface area contributed by atoms with Crippen LogP contribution in [-0.4, -0.2) is 36.4 Å². The van der Waals surface area contributed by atoms with Gasteiger partial charge in [-0.25, -0.2) is 18.2 Å². The van der Waals surface area contributed by atoms with Crippen molar-refractivity contribution in [2.75, 3.05) is 19.9 Å². The molecule has 3 rings (SSSR count). The van der Waals surface area contributed by atoms with Crippen molar-refractivity contribution in [2.45, 2.75) is 19.6 Å². The fourth-order valence-electron chi connectivity index (χ4n) is 2.67. The number of nitrogens with zero attached hydrogens (tertiary/aromatic N) is 2. The van der Waals surface area contributed by atoms with Gasteiger partial charge in [-0.1, -0.05) is 6.07 Å². The molecule has 1 saturated heterocycles. The summed E-state index contributed by atoms with van der Waals surface area (Å²) in [5.74, 6) is -1.25. The molecule has 1 aliphatic heterocycles. The third-order valence-corrected chi connectivity index (χ3v) is 3.91. The Kier molecular flexibility index (Phi) is 5.67. The largest absolute Gasteiger partial charge is 0.417 e. The first-order chi connectivity index (χ1) is 12.4. The Bertz CT molecular complexity index is 767. The van der Waals surface area contributed by atoms with Crippen molar-refractivity contribution < 1.29 is 31.4 Å². The van der Waals surface area contributed by atoms with Gasteiger partial charge in [0.05, 0.1) is 18.9 Å². The van der Waals surface area contributed by atoms with E-state index in [9.17, 15) is 22.0 Å². The molecule has 4 nitrogen and oxygen atoms in total. The molecule has 0 aliphatic carbocycles. The molecule has 0 spiro atoms. The number of hydrogen-bond acceptors (Lipinski definition) is 4. The number of alkyl halides is 4. The minimum atomic E-state index is -3.04. The number of benzene rings is 1. The molecule has 1 aromatic heterocycles. The highest BCUT2D eigenvalue weighted by Gasteiger charge is 2.19. The van der Waals surface area contributed by atoms with Crippen LogP contribution < -0.4 is 4.74 Å². The van der Waals surface area contributed by atoms with E-state index < -0.39 is 24.4 Å². The van der Waals surface area contributed by atoms with Gasteiger partial charge in [-0.2, -0.15) is 8.78 Å². The first-order valence-electron chi connectivity index (χ1n) is 7.76. The standard InChI is InChI=1S/C17H15F5N2O2/c18-14-2-1-10(6-13(14)15(19)20)11-5-12(8-24-3-4-25-9-24)16(23-7-11)26-17(21)22/h1-2,5-7,15,17H,3-4,8-9H2. The SMILES string of the molecule is Fc1ccc(-c2cnc(OC(F)F)c(CN3CCOC3)c2)cc1C(F)F. The van der Waals surface area contributed by atoms with Crippen molar-refractivity contribution in [3.05, 3.63) is 47.4 Å². The number of ether oxygens (including phenoxy) is 2. The molecule has 0 amide bonds. The summed E-state index contributed by atoms with van der Waals surface area (Å²) in [6, 6.07) is 4.81. The smallest absolute Gasteiger partial charge is 0.388 e. The summed E-state index contributed by atoms with van der Waals surface area (Å²) >= 11 is 0. The van der Waals surface area contributed by atoms with E-state index in [-0.39, 0.29) is 12.4 Å². The van der Waals surface area contributed by atoms with Gasteiger partial charge in [-0.05, 0) is 23.8 Å². The maximum Gasteiger partial charge on any atom is 0.388 e. The monoisotopic (exact) mass is 374 g/mol. The summed E-state index contributed by atoms with van der Waals surface area (Å²) in [5, 5.41) is 0. The van der Waals surface area contributed by atoms with Gasteiger partial charge in [-0.15, -0.1) is 0 Å². The van der Waals surface area contributed by atoms with Crippen molar-refractivity contribution in [3.63, 3.8) is 0 Å². The molecule has 140 valence electrons. The van der Waals surface area contributed by atoms with Crippen LogP contribution in [0, 0.1) is 5.82 Å². The van der Waals surface area contributed by atoms with Crippen molar-refractivity contribution >= 4 is 0 Å². The lowest BCUT2D eigenvalue weighted by Gasteiger charge is -2.17. The highest BCUT2D eigenvalue weighted by molar-refractivity contribution is 5.65. The zero-order valence-corrected chi connectivity index (χ0v) is 13.5. The third kappa shape index (κ3) is 4.28. The van der Waals surface area contributed by atoms with Gasteiger partial charge in [0.2, 0.25) is 5.88 Å². The van der Waals surface area contributed by atoms with Gasteiger partial charge in [0.1, 0.15) is 5.82 Å². The molecule has 1 aromatic carbocycles. The number of aromatic nitrogens is 1. The number of rotatable bonds is 6. The van der Waals surface area contributed by atoms with E-state index in [0.29, 0.717) is 36.6 Å². The molecular weight excluding hydrogens is 359 g/mol. The predicted octanol–water partition coefficient (Wildman–Crippen LogP) is 4.22. The van der Waals surface area contributed by atoms with E-state index in [2.05, 4.69) is 9.72 Å². The van der Waals surface area contributed by atoms with Crippen LogP contribution in [0.5, 0.6) is 5.88 Å². The quantitative estimate of drug-likeness (QED) is 0.710. The van der Waals surface area contributed by atoms with E-state index >= 15 is 0 Å². The first-order valence-corrected chi connectivity index (χ1v) is 7.76. The van der Waals surface area contributed by atoms with Crippen molar-refractivity contribution in [1.29, 1.82) is 0 Å². The second-order valence-corrected chi connectivity index (χ2v) is 5.69. The lowest BCUT2D eigenvalue weighted by Crippen LogP contribution is -2.20. The molecule has 1 aliphatic rings. The van der Waals surface area contributed by atoms with E-state index in [1.807, 2.05) is 4.90 Å². The second-order valence-electron chi connectivity index (χ2n) is 5.69. The molecule has 1 fully saturated rings. The van der Waals surface area contributed by atoms with E-state index in [1.165, 1.54) is 18.3 Å². The van der Waals surface area contributed by atoms with Crippen LogP contribution in [0.2, 0.25) is 0 Å². The minimum absolute atomic E-state index is 0.242. The highest BCUT2D eigenvalue weighted by Crippen LogP contribution is 2.30. The molecule has 0 bridgehead atoms. The van der Waals surface area contributed by atoms with E-state index in [0.717, 1.165) is 12.1 Å². The Balaban J connectivity index is 1.96. The van der Waals surface area contributed by atoms with Gasteiger partial charge < -0.3 is 9.47 Å². The van der Waals surface area contributed by atoms with Crippen LogP contribution in [0.4, 0.5) is 22.0 Å². The average molecular weight is 374 g/mol. The number of halogens is 5. The van der Waals surface area contributed by atoms with Crippen LogP contribution in [0.3, 0.4) is 0 Å². The third-order valence-electron chi connectivity index (χ3n) is 3.91. The lowest BCUT2D eigenvalue weighted by atomic mass is 10.0. The normalized spacial score (nSPS) is 15.2. The molecule has 0 unspecified atom stereocenters. The maximum absolute atomic E-state index is 13.5. The van der Waals surface area contributed by atoms with Gasteiger partial charge in [-0.3, -0.25) is 4.90 Å². The zero-order valence-electron chi connectivity index (χ0n) is 13.5. The molecular formula is C17H15F5N2O2. The predicted molar refractivity (Wildman–Crippen MR) is 82.4 cm³/mol. The van der Waals surface area contributed by atoms with Crippen molar-refractivity contribution in [1.82, 2.24) is 9.88 Å². The van der Waals surface area contributed by atoms with Crippen LogP contribution >= 0.6 is 0 Å². The summed E-state index contributed by atoms with van der Waals surface area (Å²) in [4.78, 5) is 5.74. The van der Waals surface area contributed by atoms with E-state index in [4.69, 9.17) is 4.74 Å². The fourth-order valence-corrected chi connectivity index (χ4v) is 2.67. The molecule has 0 atom stereocenters. The molecule has 2 aromatic rings. The minimum Gasteiger partial charge on any atom is -0.417 e. The Labute approximate surface area is 146 Å². The van der Waals surface area contributed by atoms with E-state index in [1.54, 1.807) is 0 Å². The number of pyridine rings is 1.